The summed E-state index contributed by atoms with van der Waals surface area (Å²) in [5.74, 6) is -0.700. The van der Waals surface area contributed by atoms with E-state index in [1.807, 2.05) is 30.3 Å². The van der Waals surface area contributed by atoms with E-state index in [9.17, 15) is 20.2 Å². The SMILES string of the molecule is O=c1c2[nH]c(cc2O)cc2ccc(cc3nc(cc4c(-c5ccccc5)c(O)c1n4O)C=C3)[nH]2.[Au]. The van der Waals surface area contributed by atoms with E-state index in [1.165, 1.54) is 6.07 Å². The van der Waals surface area contributed by atoms with E-state index in [-0.39, 0.29) is 50.2 Å². The van der Waals surface area contributed by atoms with Crippen molar-refractivity contribution in [2.45, 2.75) is 0 Å². The maximum atomic E-state index is 13.4. The number of fused-ring (bicyclic) bond motifs is 8. The Kier molecular flexibility index (Phi) is 5.49. The van der Waals surface area contributed by atoms with Gasteiger partial charge in [-0.3, -0.25) is 4.79 Å². The van der Waals surface area contributed by atoms with Gasteiger partial charge in [0.05, 0.1) is 22.5 Å². The van der Waals surface area contributed by atoms with E-state index >= 15 is 0 Å². The molecule has 4 aromatic heterocycles. The zero-order chi connectivity index (χ0) is 23.4. The molecule has 0 fully saturated rings. The summed E-state index contributed by atoms with van der Waals surface area (Å²) in [7, 11) is 0. The summed E-state index contributed by atoms with van der Waals surface area (Å²) in [6.45, 7) is 0. The quantitative estimate of drug-likeness (QED) is 0.129. The molecule has 8 nitrogen and oxygen atoms in total. The summed E-state index contributed by atoms with van der Waals surface area (Å²) in [4.78, 5) is 24.1. The number of aromatic amines is 2. The van der Waals surface area contributed by atoms with E-state index in [2.05, 4.69) is 15.0 Å². The fourth-order valence-electron chi connectivity index (χ4n) is 4.25. The molecule has 8 bridgehead atoms. The van der Waals surface area contributed by atoms with Gasteiger partial charge in [0.2, 0.25) is 5.43 Å². The average Bonchev–Trinajstić information content (AvgIpc) is 3.58. The predicted octanol–water partition coefficient (Wildman–Crippen LogP) is 4.84. The first-order valence-corrected chi connectivity index (χ1v) is 10.5. The summed E-state index contributed by atoms with van der Waals surface area (Å²) in [5, 5.41) is 32.6. The number of hydrogen-bond donors (Lipinski definition) is 5. The molecule has 0 amide bonds. The van der Waals surface area contributed by atoms with Gasteiger partial charge in [0, 0.05) is 45.0 Å². The molecule has 0 spiro atoms. The van der Waals surface area contributed by atoms with Gasteiger partial charge in [-0.05, 0) is 48.0 Å². The Morgan fingerprint density at radius 1 is 0.800 bits per heavy atom. The molecule has 0 saturated carbocycles. The van der Waals surface area contributed by atoms with Crippen LogP contribution >= 0.6 is 0 Å². The molecule has 1 aliphatic rings. The molecule has 0 aliphatic carbocycles. The van der Waals surface area contributed by atoms with Crippen LogP contribution in [0.2, 0.25) is 0 Å². The van der Waals surface area contributed by atoms with Crippen LogP contribution in [0.1, 0.15) is 11.4 Å². The van der Waals surface area contributed by atoms with Gasteiger partial charge in [-0.1, -0.05) is 30.3 Å². The smallest absolute Gasteiger partial charge is 0.236 e. The summed E-state index contributed by atoms with van der Waals surface area (Å²) in [6, 6.07) is 19.3. The number of nitrogens with zero attached hydrogens (tertiary/aromatic N) is 2. The molecule has 5 aromatic rings. The minimum atomic E-state index is -0.766. The number of H-pyrrole nitrogens is 2. The monoisotopic (exact) mass is 647 g/mol. The topological polar surface area (TPSA) is 127 Å². The Morgan fingerprint density at radius 3 is 2.23 bits per heavy atom. The van der Waals surface area contributed by atoms with Crippen LogP contribution in [0.15, 0.2) is 71.5 Å². The molecule has 1 aromatic carbocycles. The molecular weight excluding hydrogens is 629 g/mol. The molecule has 0 atom stereocenters. The van der Waals surface area contributed by atoms with Crippen LogP contribution in [0, 0.1) is 0 Å². The van der Waals surface area contributed by atoms with Crippen molar-refractivity contribution in [3.8, 4) is 22.6 Å². The summed E-state index contributed by atoms with van der Waals surface area (Å²) in [5.41, 5.74) is 3.05. The maximum Gasteiger partial charge on any atom is 0.236 e. The Labute approximate surface area is 213 Å². The van der Waals surface area contributed by atoms with Crippen molar-refractivity contribution in [2.75, 3.05) is 0 Å². The number of hydrogen-bond acceptors (Lipinski definition) is 5. The third-order valence-electron chi connectivity index (χ3n) is 5.79. The van der Waals surface area contributed by atoms with Crippen molar-refractivity contribution >= 4 is 45.3 Å². The van der Waals surface area contributed by atoms with Crippen LogP contribution in [-0.4, -0.2) is 35.1 Å². The van der Waals surface area contributed by atoms with Gasteiger partial charge in [-0.15, -0.1) is 0 Å². The second-order valence-corrected chi connectivity index (χ2v) is 8.05. The van der Waals surface area contributed by atoms with Gasteiger partial charge in [-0.2, -0.15) is 4.73 Å². The minimum absolute atomic E-state index is 0. The molecule has 35 heavy (non-hydrogen) atoms. The second-order valence-electron chi connectivity index (χ2n) is 8.05. The third-order valence-corrected chi connectivity index (χ3v) is 5.79. The Morgan fingerprint density at radius 2 is 1.49 bits per heavy atom. The van der Waals surface area contributed by atoms with Crippen molar-refractivity contribution in [1.29, 1.82) is 0 Å². The van der Waals surface area contributed by atoms with E-state index in [1.54, 1.807) is 42.5 Å². The zero-order valence-corrected chi connectivity index (χ0v) is 20.1. The van der Waals surface area contributed by atoms with Gasteiger partial charge in [0.25, 0.3) is 0 Å². The van der Waals surface area contributed by atoms with Crippen molar-refractivity contribution in [3.05, 3.63) is 88.3 Å². The van der Waals surface area contributed by atoms with Crippen molar-refractivity contribution in [3.63, 3.8) is 0 Å². The first-order valence-electron chi connectivity index (χ1n) is 10.5. The largest absolute Gasteiger partial charge is 0.506 e. The normalized spacial score (nSPS) is 11.5. The van der Waals surface area contributed by atoms with Crippen molar-refractivity contribution < 1.29 is 37.8 Å². The van der Waals surface area contributed by atoms with Crippen LogP contribution in [-0.2, 0) is 22.4 Å². The van der Waals surface area contributed by atoms with Gasteiger partial charge < -0.3 is 25.4 Å². The predicted molar refractivity (Wildman–Crippen MR) is 131 cm³/mol. The van der Waals surface area contributed by atoms with Gasteiger partial charge in [-0.25, -0.2) is 4.98 Å². The Balaban J connectivity index is 0.00000253. The van der Waals surface area contributed by atoms with E-state index < -0.39 is 11.2 Å². The maximum absolute atomic E-state index is 13.4. The minimum Gasteiger partial charge on any atom is -0.506 e. The van der Waals surface area contributed by atoms with Gasteiger partial charge >= 0.3 is 0 Å². The first-order chi connectivity index (χ1) is 16.5. The molecule has 1 aliphatic heterocycles. The standard InChI is InChI=1S/C26H18N4O4.Au/c31-21-13-19-11-17-7-6-15(27-17)10-16-8-9-18(28-16)12-20-22(14-4-2-1-3-5-14)25(32)24(30(20)34)26(33)23(21)29-19;/h1-13,27,29,31-32,34H;. The summed E-state index contributed by atoms with van der Waals surface area (Å²) >= 11 is 0. The van der Waals surface area contributed by atoms with Crippen molar-refractivity contribution in [2.24, 2.45) is 0 Å². The molecular formula is C26H18AuN4O4. The first kappa shape index (κ1) is 22.5. The molecule has 5 heterocycles. The second kappa shape index (κ2) is 8.52. The summed E-state index contributed by atoms with van der Waals surface area (Å²) < 4.78 is 0.643. The molecule has 0 unspecified atom stereocenters. The third kappa shape index (κ3) is 3.79. The fraction of sp³-hybridized carbons (Fsp3) is 0. The number of rotatable bonds is 1. The van der Waals surface area contributed by atoms with E-state index in [4.69, 9.17) is 0 Å². The molecule has 9 heteroatoms. The number of aromatic hydroxyl groups is 2. The molecule has 1 radical (unpaired) electrons. The van der Waals surface area contributed by atoms with Gasteiger partial charge in [0.1, 0.15) is 11.3 Å². The van der Waals surface area contributed by atoms with Crippen LogP contribution in [0.3, 0.4) is 0 Å². The summed E-state index contributed by atoms with van der Waals surface area (Å²) in [6.07, 6.45) is 3.62. The van der Waals surface area contributed by atoms with Gasteiger partial charge in [0.15, 0.2) is 11.3 Å². The number of nitrogens with one attached hydrogen (secondary N) is 2. The van der Waals surface area contributed by atoms with Crippen molar-refractivity contribution in [1.82, 2.24) is 19.7 Å². The Bertz CT molecular complexity index is 1820. The number of benzene rings is 1. The van der Waals surface area contributed by atoms with Crippen LogP contribution in [0.4, 0.5) is 0 Å². The molecule has 6 rings (SSSR count). The molecule has 177 valence electrons. The van der Waals surface area contributed by atoms with Crippen LogP contribution in [0.25, 0.3) is 56.4 Å². The molecule has 5 N–H and O–H groups in total. The fourth-order valence-corrected chi connectivity index (χ4v) is 4.25. The van der Waals surface area contributed by atoms with Crippen LogP contribution < -0.4 is 5.43 Å². The average molecular weight is 647 g/mol. The number of aromatic nitrogens is 4. The molecule has 0 saturated heterocycles. The van der Waals surface area contributed by atoms with E-state index in [0.29, 0.717) is 27.2 Å². The zero-order valence-electron chi connectivity index (χ0n) is 18.0. The van der Waals surface area contributed by atoms with Crippen LogP contribution in [0.5, 0.6) is 11.5 Å². The Hall–Kier alpha value is -4.24. The van der Waals surface area contributed by atoms with E-state index in [0.717, 1.165) is 11.0 Å².